The maximum atomic E-state index is 4.74. The molecule has 2 aromatic carbocycles. The molecule has 3 N–H and O–H groups in total. The summed E-state index contributed by atoms with van der Waals surface area (Å²) in [5.74, 6) is 1.87. The molecular weight excluding hydrogens is 763 g/mol. The second-order valence-electron chi connectivity index (χ2n) is 12.8. The Morgan fingerprint density at radius 2 is 1.04 bits per heavy atom. The first kappa shape index (κ1) is 41.3. The van der Waals surface area contributed by atoms with Gasteiger partial charge >= 0.3 is 5.95 Å². The van der Waals surface area contributed by atoms with Crippen LogP contribution in [0, 0.1) is 0 Å². The van der Waals surface area contributed by atoms with E-state index < -0.39 is 0 Å². The number of hydrogen-bond donors (Lipinski definition) is 3. The van der Waals surface area contributed by atoms with Gasteiger partial charge < -0.3 is 26.4 Å². The van der Waals surface area contributed by atoms with E-state index in [4.69, 9.17) is 9.98 Å². The van der Waals surface area contributed by atoms with Gasteiger partial charge in [0.15, 0.2) is 0 Å². The average Bonchev–Trinajstić information content (AvgIpc) is 3.69. The van der Waals surface area contributed by atoms with Crippen LogP contribution in [0.25, 0.3) is 0 Å². The van der Waals surface area contributed by atoms with Crippen LogP contribution in [0.4, 0.5) is 46.5 Å². The third kappa shape index (κ3) is 10.7. The highest BCUT2D eigenvalue weighted by molar-refractivity contribution is 6.20. The number of benzene rings is 2. The fraction of sp³-hybridized carbons (Fsp3) is 0.154. The van der Waals surface area contributed by atoms with Gasteiger partial charge in [-0.3, -0.25) is 10.9 Å². The van der Waals surface area contributed by atoms with E-state index in [-0.39, 0.29) is 36.7 Å². The first-order valence-electron chi connectivity index (χ1n) is 17.4. The van der Waals surface area contributed by atoms with Crippen LogP contribution in [0.3, 0.4) is 0 Å². The molecule has 0 atom stereocenters. The van der Waals surface area contributed by atoms with E-state index in [1.165, 1.54) is 0 Å². The van der Waals surface area contributed by atoms with E-state index in [2.05, 4.69) is 46.3 Å². The van der Waals surface area contributed by atoms with Crippen molar-refractivity contribution in [3.63, 3.8) is 0 Å². The van der Waals surface area contributed by atoms with Gasteiger partial charge in [-0.15, -0.1) is 17.5 Å². The summed E-state index contributed by atoms with van der Waals surface area (Å²) in [6.07, 6.45) is 23.0. The lowest BCUT2D eigenvalue weighted by atomic mass is 10.1. The van der Waals surface area contributed by atoms with Crippen molar-refractivity contribution in [1.82, 2.24) is 28.7 Å². The van der Waals surface area contributed by atoms with Crippen molar-refractivity contribution in [1.29, 1.82) is 0 Å². The lowest BCUT2D eigenvalue weighted by Gasteiger charge is -2.11. The van der Waals surface area contributed by atoms with Gasteiger partial charge in [0.2, 0.25) is 11.6 Å². The number of anilines is 4. The molecule has 0 amide bonds. The maximum absolute atomic E-state index is 4.74. The van der Waals surface area contributed by atoms with Crippen molar-refractivity contribution in [3.05, 3.63) is 128 Å². The molecule has 0 radical (unpaired) electrons. The van der Waals surface area contributed by atoms with Gasteiger partial charge in [0, 0.05) is 40.6 Å². The SMILES string of the molecule is CN(C)c1nc(N=C2C=CC(=Nc3ccc(NN=c4n(C)ccn4C)cc3)C=C2)nc(N=C2C=CC(=Nc3ccc(NNc4n(C)cc[n+]4C)cc3)C=C2)n1.Cl.[Cl-]. The van der Waals surface area contributed by atoms with Crippen LogP contribution in [0.2, 0.25) is 0 Å². The molecule has 2 aliphatic carbocycles. The number of aliphatic imine (C=N–C) groups is 4. The zero-order valence-electron chi connectivity index (χ0n) is 32.1. The number of rotatable bonds is 10. The molecule has 2 aliphatic rings. The van der Waals surface area contributed by atoms with Gasteiger partial charge in [-0.1, -0.05) is 0 Å². The second-order valence-corrected chi connectivity index (χ2v) is 12.8. The lowest BCUT2D eigenvalue weighted by molar-refractivity contribution is -0.656. The molecule has 0 unspecified atom stereocenters. The smallest absolute Gasteiger partial charge is 0.378 e. The Hall–Kier alpha value is -6.91. The normalized spacial score (nSPS) is 12.7. The van der Waals surface area contributed by atoms with Gasteiger partial charge in [0.1, 0.15) is 0 Å². The van der Waals surface area contributed by atoms with Crippen LogP contribution in [0.15, 0.2) is 147 Å². The predicted octanol–water partition coefficient (Wildman–Crippen LogP) is 2.51. The highest BCUT2D eigenvalue weighted by Crippen LogP contribution is 2.21. The highest BCUT2D eigenvalue weighted by Gasteiger charge is 2.12. The minimum absolute atomic E-state index is 0. The zero-order chi connectivity index (χ0) is 38.3. The molecule has 57 heavy (non-hydrogen) atoms. The van der Waals surface area contributed by atoms with Crippen LogP contribution >= 0.6 is 12.4 Å². The van der Waals surface area contributed by atoms with E-state index in [0.29, 0.717) is 17.4 Å². The minimum atomic E-state index is 0. The van der Waals surface area contributed by atoms with Crippen LogP contribution in [-0.2, 0) is 28.2 Å². The Morgan fingerprint density at radius 1 is 0.579 bits per heavy atom. The number of aromatic nitrogens is 7. The van der Waals surface area contributed by atoms with Crippen LogP contribution < -0.4 is 43.8 Å². The zero-order valence-corrected chi connectivity index (χ0v) is 33.7. The summed E-state index contributed by atoms with van der Waals surface area (Å²) in [5, 5.41) is 4.47. The van der Waals surface area contributed by atoms with Crippen LogP contribution in [-0.4, -0.2) is 65.6 Å². The molecule has 0 saturated carbocycles. The van der Waals surface area contributed by atoms with Crippen LogP contribution in [0.5, 0.6) is 0 Å². The van der Waals surface area contributed by atoms with Gasteiger partial charge in [-0.2, -0.15) is 20.4 Å². The number of aryl methyl sites for hydroxylation is 4. The monoisotopic (exact) mass is 804 g/mol. The molecule has 5 aromatic rings. The van der Waals surface area contributed by atoms with Crippen molar-refractivity contribution < 1.29 is 17.0 Å². The van der Waals surface area contributed by atoms with E-state index in [0.717, 1.165) is 45.7 Å². The molecule has 18 heteroatoms. The number of imidazole rings is 2. The lowest BCUT2D eigenvalue weighted by Crippen LogP contribution is -3.00. The van der Waals surface area contributed by atoms with Crippen molar-refractivity contribution in [2.75, 3.05) is 35.3 Å². The molecule has 0 spiro atoms. The Morgan fingerprint density at radius 3 is 1.47 bits per heavy atom. The van der Waals surface area contributed by atoms with Crippen molar-refractivity contribution in [2.24, 2.45) is 53.3 Å². The van der Waals surface area contributed by atoms with Crippen LogP contribution in [0.1, 0.15) is 0 Å². The number of allylic oxidation sites excluding steroid dienone is 8. The van der Waals surface area contributed by atoms with Gasteiger partial charge in [0.25, 0.3) is 11.9 Å². The van der Waals surface area contributed by atoms with Gasteiger partial charge in [-0.25, -0.2) is 29.1 Å². The van der Waals surface area contributed by atoms with Crippen molar-refractivity contribution in [3.8, 4) is 0 Å². The molecule has 292 valence electrons. The average molecular weight is 806 g/mol. The summed E-state index contributed by atoms with van der Waals surface area (Å²) in [7, 11) is 11.6. The minimum Gasteiger partial charge on any atom is -1.00 e. The summed E-state index contributed by atoms with van der Waals surface area (Å²) in [6.45, 7) is 0. The van der Waals surface area contributed by atoms with Gasteiger partial charge in [0.05, 0.1) is 72.1 Å². The Balaban J connectivity index is 0.00000310. The first-order chi connectivity index (χ1) is 26.6. The standard InChI is InChI=1S/C39H40N16.2ClH/c1-51(2)37-45-35(42-31-11-7-27(8-12-31)40-29-15-19-33(20-16-29)47-49-38-52(3)23-24-53(38)4)44-36(46-37)43-32-13-9-28(10-14-32)41-30-17-21-34(22-18-30)48-50-39-54(5)25-26-55(39)6;;/h7-26H,1-6H3,(H2,42,43,44,45,46,47,48);2*1H. The topological polar surface area (TPSA) is 158 Å². The first-order valence-corrected chi connectivity index (χ1v) is 17.4. The predicted molar refractivity (Wildman–Crippen MR) is 227 cm³/mol. The summed E-state index contributed by atoms with van der Waals surface area (Å²) in [5.41, 5.74) is 16.7. The fourth-order valence-corrected chi connectivity index (χ4v) is 5.35. The Labute approximate surface area is 342 Å². The number of hydrogen-bond acceptors (Lipinski definition) is 12. The second kappa shape index (κ2) is 18.6. The van der Waals surface area contributed by atoms with Crippen molar-refractivity contribution >= 4 is 81.8 Å². The molecule has 3 heterocycles. The number of hydrazine groups is 1. The largest absolute Gasteiger partial charge is 1.00 e. The fourth-order valence-electron chi connectivity index (χ4n) is 5.35. The number of nitrogens with one attached hydrogen (secondary N) is 3. The molecule has 7 rings (SSSR count). The van der Waals surface area contributed by atoms with E-state index in [1.807, 2.05) is 182 Å². The number of nitrogens with zero attached hydrogens (tertiary/aromatic N) is 13. The van der Waals surface area contributed by atoms with E-state index in [9.17, 15) is 0 Å². The molecule has 0 bridgehead atoms. The molecule has 0 aliphatic heterocycles. The summed E-state index contributed by atoms with van der Waals surface area (Å²) < 4.78 is 7.86. The molecule has 3 aromatic heterocycles. The molecule has 16 nitrogen and oxygen atoms in total. The van der Waals surface area contributed by atoms with Crippen molar-refractivity contribution in [2.45, 2.75) is 0 Å². The summed E-state index contributed by atoms with van der Waals surface area (Å²) in [4.78, 5) is 34.2. The third-order valence-corrected chi connectivity index (χ3v) is 8.34. The van der Waals surface area contributed by atoms with Gasteiger partial charge in [-0.05, 0) is 97.1 Å². The quantitative estimate of drug-likeness (QED) is 0.111. The summed E-state index contributed by atoms with van der Waals surface area (Å²) >= 11 is 0. The number of halogens is 2. The third-order valence-electron chi connectivity index (χ3n) is 8.34. The molecule has 0 saturated heterocycles. The highest BCUT2D eigenvalue weighted by atomic mass is 35.5. The summed E-state index contributed by atoms with van der Waals surface area (Å²) in [6, 6.07) is 15.6. The Kier molecular flexibility index (Phi) is 13.5. The Bertz CT molecular complexity index is 2450. The maximum Gasteiger partial charge on any atom is 0.378 e. The van der Waals surface area contributed by atoms with E-state index in [1.54, 1.807) is 4.90 Å². The van der Waals surface area contributed by atoms with E-state index >= 15 is 0 Å². The molecule has 0 fully saturated rings. The molecular formula is C39H42Cl2N16.